The van der Waals surface area contributed by atoms with Gasteiger partial charge in [-0.05, 0) is 61.6 Å². The van der Waals surface area contributed by atoms with E-state index in [-0.39, 0.29) is 17.4 Å². The van der Waals surface area contributed by atoms with E-state index in [4.69, 9.17) is 4.74 Å². The Morgan fingerprint density at radius 3 is 2.38 bits per heavy atom. The molecule has 1 heterocycles. The van der Waals surface area contributed by atoms with Crippen molar-refractivity contribution in [1.82, 2.24) is 5.32 Å². The molecule has 5 rings (SSSR count). The maximum absolute atomic E-state index is 14.4. The molecule has 0 unspecified atom stereocenters. The molecular formula is C31H29FN2O3. The zero-order chi connectivity index (χ0) is 25.9. The number of amides is 1. The molecule has 188 valence electrons. The molecule has 0 spiro atoms. The molecule has 0 fully saturated rings. The Morgan fingerprint density at radius 1 is 0.973 bits per heavy atom. The van der Waals surface area contributed by atoms with Crippen molar-refractivity contribution < 1.29 is 18.7 Å². The molecule has 37 heavy (non-hydrogen) atoms. The Bertz CT molecular complexity index is 1390. The van der Waals surface area contributed by atoms with Crippen molar-refractivity contribution in [3.05, 3.63) is 118 Å². The maximum Gasteiger partial charge on any atom is 0.254 e. The number of nitrogens with one attached hydrogen (secondary N) is 2. The van der Waals surface area contributed by atoms with Crippen molar-refractivity contribution in [2.75, 3.05) is 11.9 Å². The van der Waals surface area contributed by atoms with Crippen LogP contribution in [0.5, 0.6) is 5.75 Å². The summed E-state index contributed by atoms with van der Waals surface area (Å²) in [6, 6.07) is 23.6. The fourth-order valence-corrected chi connectivity index (χ4v) is 5.31. The largest absolute Gasteiger partial charge is 0.494 e. The number of allylic oxidation sites excluding steroid dienone is 3. The summed E-state index contributed by atoms with van der Waals surface area (Å²) < 4.78 is 20.0. The molecule has 1 amide bonds. The van der Waals surface area contributed by atoms with Gasteiger partial charge in [0.05, 0.1) is 12.3 Å². The first-order chi connectivity index (χ1) is 18.0. The van der Waals surface area contributed by atoms with E-state index in [1.54, 1.807) is 12.1 Å². The third kappa shape index (κ3) is 4.92. The molecule has 2 aliphatic rings. The molecule has 3 aromatic carbocycles. The quantitative estimate of drug-likeness (QED) is 0.425. The highest BCUT2D eigenvalue weighted by Gasteiger charge is 2.41. The van der Waals surface area contributed by atoms with E-state index < -0.39 is 17.6 Å². The van der Waals surface area contributed by atoms with Crippen LogP contribution in [0, 0.1) is 5.82 Å². The first-order valence-electron chi connectivity index (χ1n) is 12.5. The standard InChI is InChI=1S/C31H29FN2O3/c1-3-37-23-15-13-21(14-16-23)29-28(31(36)34-25-12-8-7-11-24(25)32)19(2)33-26-17-22(18-27(35)30(26)29)20-9-5-4-6-10-20/h4-16,22,29,33H,3,17-18H2,1-2H3,(H,34,36)/t22-,29+/m1/s1. The number of rotatable bonds is 6. The number of para-hydroxylation sites is 1. The Kier molecular flexibility index (Phi) is 6.91. The summed E-state index contributed by atoms with van der Waals surface area (Å²) in [5, 5.41) is 6.09. The monoisotopic (exact) mass is 496 g/mol. The van der Waals surface area contributed by atoms with E-state index in [0.717, 1.165) is 16.8 Å². The van der Waals surface area contributed by atoms with Crippen molar-refractivity contribution >= 4 is 17.4 Å². The summed E-state index contributed by atoms with van der Waals surface area (Å²) in [5.74, 6) is -0.768. The SMILES string of the molecule is CCOc1ccc([C@H]2C(C(=O)Nc3ccccc3F)=C(C)NC3=C2C(=O)C[C@H](c2ccccc2)C3)cc1. The Balaban J connectivity index is 1.56. The predicted octanol–water partition coefficient (Wildman–Crippen LogP) is 6.22. The molecule has 0 radical (unpaired) electrons. The van der Waals surface area contributed by atoms with E-state index in [1.807, 2.05) is 68.4 Å². The van der Waals surface area contributed by atoms with Gasteiger partial charge in [-0.25, -0.2) is 4.39 Å². The van der Waals surface area contributed by atoms with Gasteiger partial charge < -0.3 is 15.4 Å². The molecule has 5 nitrogen and oxygen atoms in total. The van der Waals surface area contributed by atoms with E-state index in [9.17, 15) is 14.0 Å². The highest BCUT2D eigenvalue weighted by Crippen LogP contribution is 2.46. The topological polar surface area (TPSA) is 67.4 Å². The summed E-state index contributed by atoms with van der Waals surface area (Å²) in [4.78, 5) is 27.3. The summed E-state index contributed by atoms with van der Waals surface area (Å²) in [6.07, 6.45) is 1.03. The zero-order valence-corrected chi connectivity index (χ0v) is 20.9. The second-order valence-electron chi connectivity index (χ2n) is 9.36. The van der Waals surface area contributed by atoms with Crippen molar-refractivity contribution in [1.29, 1.82) is 0 Å². The van der Waals surface area contributed by atoms with Crippen LogP contribution in [0.1, 0.15) is 49.7 Å². The minimum atomic E-state index is -0.581. The summed E-state index contributed by atoms with van der Waals surface area (Å²) in [5.41, 5.74) is 4.50. The summed E-state index contributed by atoms with van der Waals surface area (Å²) >= 11 is 0. The number of dihydropyridines is 1. The minimum Gasteiger partial charge on any atom is -0.494 e. The van der Waals surface area contributed by atoms with Gasteiger partial charge in [-0.1, -0.05) is 54.6 Å². The van der Waals surface area contributed by atoms with Crippen molar-refractivity contribution in [2.24, 2.45) is 0 Å². The molecule has 2 atom stereocenters. The Labute approximate surface area is 216 Å². The Morgan fingerprint density at radius 2 is 1.68 bits per heavy atom. The smallest absolute Gasteiger partial charge is 0.254 e. The minimum absolute atomic E-state index is 0.00480. The fourth-order valence-electron chi connectivity index (χ4n) is 5.31. The molecule has 0 saturated heterocycles. The highest BCUT2D eigenvalue weighted by molar-refractivity contribution is 6.10. The molecular weight excluding hydrogens is 467 g/mol. The van der Waals surface area contributed by atoms with Crippen LogP contribution in [0.3, 0.4) is 0 Å². The van der Waals surface area contributed by atoms with Crippen LogP contribution in [0.15, 0.2) is 101 Å². The van der Waals surface area contributed by atoms with Gasteiger partial charge in [0.1, 0.15) is 11.6 Å². The average Bonchev–Trinajstić information content (AvgIpc) is 2.90. The van der Waals surface area contributed by atoms with Gasteiger partial charge in [0.25, 0.3) is 5.91 Å². The molecule has 0 aromatic heterocycles. The number of Topliss-reactive ketones (excluding diaryl/α,β-unsaturated/α-hetero) is 1. The second kappa shape index (κ2) is 10.4. The lowest BCUT2D eigenvalue weighted by molar-refractivity contribution is -0.116. The van der Waals surface area contributed by atoms with Crippen LogP contribution in [-0.2, 0) is 9.59 Å². The molecule has 3 aromatic rings. The molecule has 2 N–H and O–H groups in total. The van der Waals surface area contributed by atoms with Crippen LogP contribution >= 0.6 is 0 Å². The van der Waals surface area contributed by atoms with Gasteiger partial charge in [0.2, 0.25) is 0 Å². The van der Waals surface area contributed by atoms with E-state index in [0.29, 0.717) is 42.0 Å². The van der Waals surface area contributed by atoms with Crippen LogP contribution in [0.4, 0.5) is 10.1 Å². The number of anilines is 1. The van der Waals surface area contributed by atoms with Crippen LogP contribution in [0.2, 0.25) is 0 Å². The van der Waals surface area contributed by atoms with Crippen LogP contribution < -0.4 is 15.4 Å². The van der Waals surface area contributed by atoms with E-state index >= 15 is 0 Å². The van der Waals surface area contributed by atoms with Gasteiger partial charge in [0.15, 0.2) is 5.78 Å². The third-order valence-corrected chi connectivity index (χ3v) is 6.99. The van der Waals surface area contributed by atoms with Gasteiger partial charge in [-0.2, -0.15) is 0 Å². The lowest BCUT2D eigenvalue weighted by atomic mass is 9.71. The fraction of sp³-hybridized carbons (Fsp3) is 0.226. The maximum atomic E-state index is 14.4. The lowest BCUT2D eigenvalue weighted by Crippen LogP contribution is -2.37. The number of carbonyl (C=O) groups is 2. The molecule has 0 saturated carbocycles. The summed E-state index contributed by atoms with van der Waals surface area (Å²) in [6.45, 7) is 4.29. The van der Waals surface area contributed by atoms with Crippen LogP contribution in [-0.4, -0.2) is 18.3 Å². The number of benzene rings is 3. The lowest BCUT2D eigenvalue weighted by Gasteiger charge is -2.37. The van der Waals surface area contributed by atoms with E-state index in [2.05, 4.69) is 10.6 Å². The van der Waals surface area contributed by atoms with Crippen molar-refractivity contribution in [3.8, 4) is 5.75 Å². The van der Waals surface area contributed by atoms with Crippen LogP contribution in [0.25, 0.3) is 0 Å². The number of carbonyl (C=O) groups excluding carboxylic acids is 2. The molecule has 6 heteroatoms. The molecule has 1 aliphatic carbocycles. The number of halogens is 1. The number of ether oxygens (including phenoxy) is 1. The predicted molar refractivity (Wildman–Crippen MR) is 142 cm³/mol. The van der Waals surface area contributed by atoms with Gasteiger partial charge in [-0.3, -0.25) is 9.59 Å². The zero-order valence-electron chi connectivity index (χ0n) is 20.9. The first kappa shape index (κ1) is 24.5. The van der Waals surface area contributed by atoms with Crippen molar-refractivity contribution in [2.45, 2.75) is 38.5 Å². The van der Waals surface area contributed by atoms with E-state index in [1.165, 1.54) is 12.1 Å². The summed E-state index contributed by atoms with van der Waals surface area (Å²) in [7, 11) is 0. The average molecular weight is 497 g/mol. The molecule has 0 bridgehead atoms. The second-order valence-corrected chi connectivity index (χ2v) is 9.36. The third-order valence-electron chi connectivity index (χ3n) is 6.99. The molecule has 1 aliphatic heterocycles. The number of hydrogen-bond acceptors (Lipinski definition) is 4. The first-order valence-corrected chi connectivity index (χ1v) is 12.5. The van der Waals surface area contributed by atoms with Gasteiger partial charge >= 0.3 is 0 Å². The van der Waals surface area contributed by atoms with Gasteiger partial charge in [-0.15, -0.1) is 0 Å². The van der Waals surface area contributed by atoms with Crippen molar-refractivity contribution in [3.63, 3.8) is 0 Å². The highest BCUT2D eigenvalue weighted by atomic mass is 19.1. The number of hydrogen-bond donors (Lipinski definition) is 2. The number of ketones is 1. The normalized spacial score (nSPS) is 19.3. The van der Waals surface area contributed by atoms with Gasteiger partial charge in [0, 0.05) is 34.9 Å². The Hall–Kier alpha value is -4.19.